The van der Waals surface area contributed by atoms with Gasteiger partial charge in [0.25, 0.3) is 0 Å². The van der Waals surface area contributed by atoms with E-state index >= 15 is 0 Å². The number of hydrogen-bond donors (Lipinski definition) is 3. The molecule has 2 fully saturated rings. The lowest BCUT2D eigenvalue weighted by molar-refractivity contribution is -0.246. The Labute approximate surface area is 75.9 Å². The fourth-order valence-corrected chi connectivity index (χ4v) is 2.01. The highest BCUT2D eigenvalue weighted by molar-refractivity contribution is 4.94. The molecule has 0 radical (unpaired) electrons. The van der Waals surface area contributed by atoms with E-state index in [1.807, 2.05) is 0 Å². The van der Waals surface area contributed by atoms with Gasteiger partial charge < -0.3 is 24.8 Å². The molecule has 0 aromatic rings. The van der Waals surface area contributed by atoms with Crippen LogP contribution in [0.3, 0.4) is 0 Å². The minimum Gasteiger partial charge on any atom is -0.390 e. The number of fused-ring (bicyclic) bond motifs is 1. The third-order valence-corrected chi connectivity index (χ3v) is 2.77. The summed E-state index contributed by atoms with van der Waals surface area (Å²) in [5.74, 6) is -0.0119. The van der Waals surface area contributed by atoms with Crippen LogP contribution in [0.2, 0.25) is 0 Å². The molecule has 1 saturated heterocycles. The van der Waals surface area contributed by atoms with Crippen molar-refractivity contribution in [3.8, 4) is 0 Å². The van der Waals surface area contributed by atoms with Crippen molar-refractivity contribution in [2.24, 2.45) is 5.92 Å². The van der Waals surface area contributed by atoms with Gasteiger partial charge in [0.1, 0.15) is 19.0 Å². The Hall–Kier alpha value is -0.200. The summed E-state index contributed by atoms with van der Waals surface area (Å²) in [7, 11) is 0. The quantitative estimate of drug-likeness (QED) is 0.431. The van der Waals surface area contributed by atoms with Crippen LogP contribution in [-0.2, 0) is 9.47 Å². The first kappa shape index (κ1) is 9.36. The van der Waals surface area contributed by atoms with Crippen molar-refractivity contribution in [1.82, 2.24) is 0 Å². The van der Waals surface area contributed by atoms with E-state index in [0.717, 1.165) is 0 Å². The molecule has 5 nitrogen and oxygen atoms in total. The Balaban J connectivity index is 2.08. The molecule has 5 unspecified atom stereocenters. The molecule has 0 aromatic carbocycles. The molecule has 3 N–H and O–H groups in total. The monoisotopic (exact) mass is 190 g/mol. The lowest BCUT2D eigenvalue weighted by atomic mass is 9.81. The van der Waals surface area contributed by atoms with Gasteiger partial charge in [-0.3, -0.25) is 0 Å². The van der Waals surface area contributed by atoms with E-state index in [1.165, 1.54) is 0 Å². The minimum absolute atomic E-state index is 0.0119. The third-order valence-electron chi connectivity index (χ3n) is 2.77. The summed E-state index contributed by atoms with van der Waals surface area (Å²) in [5, 5.41) is 28.3. The van der Waals surface area contributed by atoms with Gasteiger partial charge in [-0.15, -0.1) is 0 Å². The fourth-order valence-electron chi connectivity index (χ4n) is 2.01. The first-order chi connectivity index (χ1) is 6.20. The van der Waals surface area contributed by atoms with Crippen LogP contribution in [-0.4, -0.2) is 53.1 Å². The van der Waals surface area contributed by atoms with Crippen LogP contribution in [0.4, 0.5) is 0 Å². The molecule has 2 rings (SSSR count). The highest BCUT2D eigenvalue weighted by atomic mass is 16.7. The SMILES string of the molecule is OC1CC2COCOC2C(O)C1O. The minimum atomic E-state index is -1.10. The van der Waals surface area contributed by atoms with Gasteiger partial charge in [-0.25, -0.2) is 0 Å². The van der Waals surface area contributed by atoms with E-state index in [2.05, 4.69) is 0 Å². The summed E-state index contributed by atoms with van der Waals surface area (Å²) in [4.78, 5) is 0. The summed E-state index contributed by atoms with van der Waals surface area (Å²) in [5.41, 5.74) is 0. The smallest absolute Gasteiger partial charge is 0.147 e. The molecule has 2 aliphatic rings. The Morgan fingerprint density at radius 2 is 1.85 bits per heavy atom. The second-order valence-corrected chi connectivity index (χ2v) is 3.66. The van der Waals surface area contributed by atoms with Crippen LogP contribution >= 0.6 is 0 Å². The normalized spacial score (nSPS) is 51.5. The number of hydrogen-bond acceptors (Lipinski definition) is 5. The molecule has 5 heteroatoms. The third kappa shape index (κ3) is 1.58. The second kappa shape index (κ2) is 3.51. The summed E-state index contributed by atoms with van der Waals surface area (Å²) < 4.78 is 10.2. The Morgan fingerprint density at radius 3 is 2.62 bits per heavy atom. The Kier molecular flexibility index (Phi) is 2.53. The lowest BCUT2D eigenvalue weighted by Crippen LogP contribution is -2.57. The van der Waals surface area contributed by atoms with Crippen molar-refractivity contribution in [2.75, 3.05) is 13.4 Å². The van der Waals surface area contributed by atoms with E-state index in [4.69, 9.17) is 9.47 Å². The highest BCUT2D eigenvalue weighted by Crippen LogP contribution is 2.30. The molecule has 0 bridgehead atoms. The maximum Gasteiger partial charge on any atom is 0.147 e. The summed E-state index contributed by atoms with van der Waals surface area (Å²) in [6.07, 6.45) is -2.95. The van der Waals surface area contributed by atoms with Gasteiger partial charge in [-0.05, 0) is 6.42 Å². The van der Waals surface area contributed by atoms with Crippen molar-refractivity contribution in [3.63, 3.8) is 0 Å². The van der Waals surface area contributed by atoms with Crippen molar-refractivity contribution in [3.05, 3.63) is 0 Å². The standard InChI is InChI=1S/C8H14O5/c9-5-1-4-2-12-3-13-8(4)7(11)6(5)10/h4-11H,1-3H2. The van der Waals surface area contributed by atoms with Crippen molar-refractivity contribution in [1.29, 1.82) is 0 Å². The maximum absolute atomic E-state index is 9.55. The van der Waals surface area contributed by atoms with E-state index in [9.17, 15) is 15.3 Å². The maximum atomic E-state index is 9.55. The van der Waals surface area contributed by atoms with E-state index in [-0.39, 0.29) is 12.7 Å². The topological polar surface area (TPSA) is 79.2 Å². The fraction of sp³-hybridized carbons (Fsp3) is 1.00. The highest BCUT2D eigenvalue weighted by Gasteiger charge is 2.44. The average Bonchev–Trinajstić information content (AvgIpc) is 2.15. The van der Waals surface area contributed by atoms with Crippen LogP contribution in [0.1, 0.15) is 6.42 Å². The van der Waals surface area contributed by atoms with Crippen LogP contribution < -0.4 is 0 Å². The Morgan fingerprint density at radius 1 is 1.08 bits per heavy atom. The average molecular weight is 190 g/mol. The zero-order valence-electron chi connectivity index (χ0n) is 7.17. The molecule has 1 heterocycles. The first-order valence-corrected chi connectivity index (χ1v) is 4.43. The zero-order valence-corrected chi connectivity index (χ0v) is 7.17. The zero-order chi connectivity index (χ0) is 9.42. The van der Waals surface area contributed by atoms with Gasteiger partial charge in [-0.2, -0.15) is 0 Å². The van der Waals surface area contributed by atoms with Crippen LogP contribution in [0.15, 0.2) is 0 Å². The molecule has 76 valence electrons. The summed E-state index contributed by atoms with van der Waals surface area (Å²) in [6, 6.07) is 0. The largest absolute Gasteiger partial charge is 0.390 e. The van der Waals surface area contributed by atoms with E-state index in [0.29, 0.717) is 13.0 Å². The van der Waals surface area contributed by atoms with Crippen LogP contribution in [0.25, 0.3) is 0 Å². The molecule has 5 atom stereocenters. The number of aliphatic hydroxyl groups excluding tert-OH is 3. The van der Waals surface area contributed by atoms with Gasteiger partial charge in [0, 0.05) is 5.92 Å². The van der Waals surface area contributed by atoms with Gasteiger partial charge >= 0.3 is 0 Å². The predicted octanol–water partition coefficient (Wildman–Crippen LogP) is -1.54. The number of ether oxygens (including phenoxy) is 2. The van der Waals surface area contributed by atoms with Gasteiger partial charge in [0.15, 0.2) is 0 Å². The summed E-state index contributed by atoms with van der Waals surface area (Å²) in [6.45, 7) is 0.631. The molecule has 1 aliphatic heterocycles. The van der Waals surface area contributed by atoms with Crippen molar-refractivity contribution < 1.29 is 24.8 Å². The molecule has 13 heavy (non-hydrogen) atoms. The van der Waals surface area contributed by atoms with Crippen LogP contribution in [0, 0.1) is 5.92 Å². The first-order valence-electron chi connectivity index (χ1n) is 4.43. The summed E-state index contributed by atoms with van der Waals surface area (Å²) >= 11 is 0. The van der Waals surface area contributed by atoms with Gasteiger partial charge in [0.05, 0.1) is 18.8 Å². The molecule has 0 spiro atoms. The Bertz CT molecular complexity index is 183. The lowest BCUT2D eigenvalue weighted by Gasteiger charge is -2.42. The predicted molar refractivity (Wildman–Crippen MR) is 41.8 cm³/mol. The number of rotatable bonds is 0. The van der Waals surface area contributed by atoms with Gasteiger partial charge in [-0.1, -0.05) is 0 Å². The van der Waals surface area contributed by atoms with Gasteiger partial charge in [0.2, 0.25) is 0 Å². The molecular formula is C8H14O5. The molecule has 1 saturated carbocycles. The van der Waals surface area contributed by atoms with E-state index < -0.39 is 24.4 Å². The molecule has 0 aromatic heterocycles. The second-order valence-electron chi connectivity index (χ2n) is 3.66. The molecule has 0 amide bonds. The molecular weight excluding hydrogens is 176 g/mol. The van der Waals surface area contributed by atoms with E-state index in [1.54, 1.807) is 0 Å². The van der Waals surface area contributed by atoms with Crippen LogP contribution in [0.5, 0.6) is 0 Å². The molecule has 1 aliphatic carbocycles. The van der Waals surface area contributed by atoms with Crippen molar-refractivity contribution >= 4 is 0 Å². The number of aliphatic hydroxyl groups is 3. The van der Waals surface area contributed by atoms with Crippen molar-refractivity contribution in [2.45, 2.75) is 30.8 Å².